The first-order chi connectivity index (χ1) is 11.1. The second kappa shape index (κ2) is 6.51. The van der Waals surface area contributed by atoms with Crippen molar-refractivity contribution in [2.45, 2.75) is 25.6 Å². The van der Waals surface area contributed by atoms with E-state index in [2.05, 4.69) is 4.98 Å². The summed E-state index contributed by atoms with van der Waals surface area (Å²) in [6, 6.07) is 1.50. The molecular formula is C14H16F3N5O2. The molecule has 10 heteroatoms. The molecule has 1 saturated heterocycles. The number of imidazole rings is 1. The average molecular weight is 343 g/mol. The lowest BCUT2D eigenvalue weighted by molar-refractivity contribution is -0.144. The third-order valence-electron chi connectivity index (χ3n) is 3.77. The van der Waals surface area contributed by atoms with Crippen LogP contribution < -0.4 is 0 Å². The number of likely N-dealkylation sites (N-methyl/N-ethyl adjacent to an activating group) is 1. The predicted octanol–water partition coefficient (Wildman–Crippen LogP) is 1.26. The van der Waals surface area contributed by atoms with E-state index in [0.717, 1.165) is 11.1 Å². The summed E-state index contributed by atoms with van der Waals surface area (Å²) >= 11 is 0. The molecule has 7 nitrogen and oxygen atoms in total. The fourth-order valence-corrected chi connectivity index (χ4v) is 2.59. The van der Waals surface area contributed by atoms with Crippen LogP contribution in [-0.4, -0.2) is 57.8 Å². The number of rotatable bonds is 3. The van der Waals surface area contributed by atoms with Crippen LogP contribution in [0.3, 0.4) is 0 Å². The molecule has 1 fully saturated rings. The maximum absolute atomic E-state index is 12.5. The van der Waals surface area contributed by atoms with Crippen molar-refractivity contribution in [2.75, 3.05) is 20.1 Å². The maximum Gasteiger partial charge on any atom is 0.449 e. The van der Waals surface area contributed by atoms with Gasteiger partial charge in [-0.2, -0.15) is 18.4 Å². The van der Waals surface area contributed by atoms with E-state index in [0.29, 0.717) is 13.0 Å². The number of likely N-dealkylation sites (tertiary alicyclic amines) is 1. The summed E-state index contributed by atoms with van der Waals surface area (Å²) in [5.41, 5.74) is -0.357. The Morgan fingerprint density at radius 2 is 2.21 bits per heavy atom. The quantitative estimate of drug-likeness (QED) is 0.894. The zero-order valence-electron chi connectivity index (χ0n) is 13.1. The number of carbonyl (C=O) groups is 2. The van der Waals surface area contributed by atoms with E-state index < -0.39 is 29.9 Å². The highest BCUT2D eigenvalue weighted by molar-refractivity contribution is 5.94. The van der Waals surface area contributed by atoms with Crippen LogP contribution in [0, 0.1) is 17.2 Å². The first-order valence-corrected chi connectivity index (χ1v) is 7.20. The van der Waals surface area contributed by atoms with Crippen molar-refractivity contribution in [3.8, 4) is 6.07 Å². The molecule has 0 saturated carbocycles. The van der Waals surface area contributed by atoms with E-state index in [-0.39, 0.29) is 18.2 Å². The van der Waals surface area contributed by atoms with Gasteiger partial charge in [0.15, 0.2) is 0 Å². The number of hydrogen-bond donors (Lipinski definition) is 1. The van der Waals surface area contributed by atoms with Crippen molar-refractivity contribution in [3.63, 3.8) is 0 Å². The Labute approximate surface area is 136 Å². The van der Waals surface area contributed by atoms with E-state index in [1.165, 1.54) is 11.9 Å². The normalized spacial score (nSPS) is 20.8. The molecule has 2 rings (SSSR count). The lowest BCUT2D eigenvalue weighted by Gasteiger charge is -2.23. The molecule has 130 valence electrons. The standard InChI is InChI=1S/C14H16F3N5O2/c1-8-3-9(4-18)22(6-8)11(23)7-21(2)12(24)10-5-19-13(20-10)14(15,16)17/h5,8-9H,3,6-7H2,1-2H3,(H,19,20). The van der Waals surface area contributed by atoms with Crippen LogP contribution in [0.1, 0.15) is 29.7 Å². The molecular weight excluding hydrogens is 327 g/mol. The Bertz CT molecular complexity index is 679. The Hall–Kier alpha value is -2.57. The molecule has 0 bridgehead atoms. The van der Waals surface area contributed by atoms with Crippen LogP contribution in [0.2, 0.25) is 0 Å². The number of amides is 2. The molecule has 1 aromatic rings. The monoisotopic (exact) mass is 343 g/mol. The van der Waals surface area contributed by atoms with E-state index in [9.17, 15) is 22.8 Å². The van der Waals surface area contributed by atoms with Crippen LogP contribution in [0.5, 0.6) is 0 Å². The fourth-order valence-electron chi connectivity index (χ4n) is 2.59. The van der Waals surface area contributed by atoms with E-state index in [1.54, 1.807) is 0 Å². The third kappa shape index (κ3) is 3.67. The van der Waals surface area contributed by atoms with Gasteiger partial charge in [0, 0.05) is 13.6 Å². The lowest BCUT2D eigenvalue weighted by Crippen LogP contribution is -2.43. The van der Waals surface area contributed by atoms with Gasteiger partial charge in [-0.05, 0) is 12.3 Å². The van der Waals surface area contributed by atoms with Gasteiger partial charge in [-0.25, -0.2) is 4.98 Å². The lowest BCUT2D eigenvalue weighted by atomic mass is 10.1. The maximum atomic E-state index is 12.5. The summed E-state index contributed by atoms with van der Waals surface area (Å²) in [5.74, 6) is -2.30. The van der Waals surface area contributed by atoms with Gasteiger partial charge in [0.1, 0.15) is 11.7 Å². The molecule has 24 heavy (non-hydrogen) atoms. The minimum Gasteiger partial charge on any atom is -0.331 e. The summed E-state index contributed by atoms with van der Waals surface area (Å²) in [6.45, 7) is 2.00. The molecule has 2 atom stereocenters. The molecule has 0 radical (unpaired) electrons. The van der Waals surface area contributed by atoms with Gasteiger partial charge in [0.05, 0.1) is 18.8 Å². The number of aromatic nitrogens is 2. The predicted molar refractivity (Wildman–Crippen MR) is 75.4 cm³/mol. The van der Waals surface area contributed by atoms with Gasteiger partial charge in [0.25, 0.3) is 5.91 Å². The van der Waals surface area contributed by atoms with Gasteiger partial charge in [0.2, 0.25) is 11.7 Å². The number of nitriles is 1. The van der Waals surface area contributed by atoms with Crippen LogP contribution in [0.4, 0.5) is 13.2 Å². The average Bonchev–Trinajstić information content (AvgIpc) is 3.12. The van der Waals surface area contributed by atoms with E-state index in [1.807, 2.05) is 18.0 Å². The van der Waals surface area contributed by atoms with Crippen molar-refractivity contribution in [2.24, 2.45) is 5.92 Å². The molecule has 1 aromatic heterocycles. The summed E-state index contributed by atoms with van der Waals surface area (Å²) < 4.78 is 37.5. The van der Waals surface area contributed by atoms with Gasteiger partial charge in [-0.3, -0.25) is 9.59 Å². The highest BCUT2D eigenvalue weighted by Gasteiger charge is 2.36. The second-order valence-corrected chi connectivity index (χ2v) is 5.84. The van der Waals surface area contributed by atoms with Crippen molar-refractivity contribution < 1.29 is 22.8 Å². The van der Waals surface area contributed by atoms with Crippen LogP contribution in [0.15, 0.2) is 6.20 Å². The zero-order valence-corrected chi connectivity index (χ0v) is 13.1. The molecule has 0 aliphatic carbocycles. The molecule has 1 aliphatic rings. The number of aromatic amines is 1. The highest BCUT2D eigenvalue weighted by Crippen LogP contribution is 2.26. The Morgan fingerprint density at radius 3 is 2.75 bits per heavy atom. The molecule has 2 unspecified atom stereocenters. The number of H-pyrrole nitrogens is 1. The number of hydrogen-bond acceptors (Lipinski definition) is 4. The van der Waals surface area contributed by atoms with E-state index in [4.69, 9.17) is 5.26 Å². The highest BCUT2D eigenvalue weighted by atomic mass is 19.4. The Kier molecular flexibility index (Phi) is 4.82. The van der Waals surface area contributed by atoms with Crippen molar-refractivity contribution >= 4 is 11.8 Å². The van der Waals surface area contributed by atoms with Crippen LogP contribution in [-0.2, 0) is 11.0 Å². The molecule has 0 spiro atoms. The number of carbonyl (C=O) groups excluding carboxylic acids is 2. The van der Waals surface area contributed by atoms with Gasteiger partial charge in [-0.1, -0.05) is 6.92 Å². The van der Waals surface area contributed by atoms with Gasteiger partial charge in [-0.15, -0.1) is 0 Å². The minimum atomic E-state index is -4.68. The SMILES string of the molecule is CC1CC(C#N)N(C(=O)CN(C)C(=O)c2cnc(C(F)(F)F)[nH]2)C1. The second-order valence-electron chi connectivity index (χ2n) is 5.84. The summed E-state index contributed by atoms with van der Waals surface area (Å²) in [7, 11) is 1.30. The van der Waals surface area contributed by atoms with Crippen LogP contribution in [0.25, 0.3) is 0 Å². The topological polar surface area (TPSA) is 93.1 Å². The Morgan fingerprint density at radius 1 is 1.54 bits per heavy atom. The molecule has 2 heterocycles. The number of alkyl halides is 3. The first kappa shape index (κ1) is 17.8. The minimum absolute atomic E-state index is 0.182. The van der Waals surface area contributed by atoms with Crippen molar-refractivity contribution in [1.82, 2.24) is 19.8 Å². The molecule has 1 aliphatic heterocycles. The summed E-state index contributed by atoms with van der Waals surface area (Å²) in [5, 5.41) is 9.06. The van der Waals surface area contributed by atoms with E-state index >= 15 is 0 Å². The largest absolute Gasteiger partial charge is 0.449 e. The van der Waals surface area contributed by atoms with Crippen LogP contribution >= 0.6 is 0 Å². The summed E-state index contributed by atoms with van der Waals surface area (Å²) in [6.07, 6.45) is -3.34. The molecule has 0 aromatic carbocycles. The fraction of sp³-hybridized carbons (Fsp3) is 0.571. The third-order valence-corrected chi connectivity index (χ3v) is 3.77. The van der Waals surface area contributed by atoms with Gasteiger partial charge >= 0.3 is 6.18 Å². The number of nitrogens with zero attached hydrogens (tertiary/aromatic N) is 4. The number of halogens is 3. The summed E-state index contributed by atoms with van der Waals surface area (Å²) in [4.78, 5) is 31.7. The first-order valence-electron chi connectivity index (χ1n) is 7.20. The molecule has 1 N–H and O–H groups in total. The molecule has 2 amide bonds. The zero-order chi connectivity index (χ0) is 18.1. The van der Waals surface area contributed by atoms with Gasteiger partial charge < -0.3 is 14.8 Å². The Balaban J connectivity index is 2.03. The van der Waals surface area contributed by atoms with Crippen molar-refractivity contribution in [1.29, 1.82) is 5.26 Å². The smallest absolute Gasteiger partial charge is 0.331 e. The number of nitrogens with one attached hydrogen (secondary N) is 1. The van der Waals surface area contributed by atoms with Crippen molar-refractivity contribution in [3.05, 3.63) is 17.7 Å².